The minimum atomic E-state index is -1.99. The summed E-state index contributed by atoms with van der Waals surface area (Å²) in [6, 6.07) is 0. The zero-order valence-corrected chi connectivity index (χ0v) is 29.4. The highest BCUT2D eigenvalue weighted by Crippen LogP contribution is 2.77. The van der Waals surface area contributed by atoms with Gasteiger partial charge in [0.15, 0.2) is 11.4 Å². The van der Waals surface area contributed by atoms with Crippen molar-refractivity contribution in [3.05, 3.63) is 23.3 Å². The number of ether oxygens (including phenoxy) is 2. The van der Waals surface area contributed by atoms with E-state index in [0.29, 0.717) is 17.6 Å². The number of carbonyl (C=O) groups excluding carboxylic acids is 3. The molecule has 0 aromatic carbocycles. The topological polar surface area (TPSA) is 151 Å². The van der Waals surface area contributed by atoms with Gasteiger partial charge in [-0.15, -0.1) is 0 Å². The summed E-state index contributed by atoms with van der Waals surface area (Å²) in [5.74, 6) is -5.10. The molecule has 47 heavy (non-hydrogen) atoms. The number of rotatable bonds is 18. The molecular weight excluding hydrogens is 600 g/mol. The van der Waals surface area contributed by atoms with Gasteiger partial charge in [0.1, 0.15) is 11.7 Å². The second-order valence-corrected chi connectivity index (χ2v) is 15.3. The molecular formula is C38H60O9. The van der Waals surface area contributed by atoms with Crippen molar-refractivity contribution in [2.24, 2.45) is 29.1 Å². The number of fused-ring (bicyclic) bond motifs is 5. The van der Waals surface area contributed by atoms with E-state index < -0.39 is 82.9 Å². The molecule has 9 atom stereocenters. The summed E-state index contributed by atoms with van der Waals surface area (Å²) in [7, 11) is 0. The van der Waals surface area contributed by atoms with Crippen molar-refractivity contribution >= 4 is 17.7 Å². The lowest BCUT2D eigenvalue weighted by Crippen LogP contribution is -2.66. The van der Waals surface area contributed by atoms with Gasteiger partial charge in [-0.3, -0.25) is 14.4 Å². The van der Waals surface area contributed by atoms with Crippen LogP contribution in [0.5, 0.6) is 0 Å². The summed E-state index contributed by atoms with van der Waals surface area (Å²) in [6.45, 7) is 7.68. The molecule has 0 aromatic rings. The average molecular weight is 661 g/mol. The Kier molecular flexibility index (Phi) is 12.2. The number of unbranched alkanes of at least 4 members (excludes halogenated alkanes) is 12. The van der Waals surface area contributed by atoms with E-state index in [2.05, 4.69) is 6.92 Å². The third kappa shape index (κ3) is 6.75. The van der Waals surface area contributed by atoms with Crippen LogP contribution in [-0.4, -0.2) is 74.3 Å². The first kappa shape index (κ1) is 37.7. The van der Waals surface area contributed by atoms with Crippen LogP contribution < -0.4 is 0 Å². The van der Waals surface area contributed by atoms with Crippen molar-refractivity contribution in [3.8, 4) is 0 Å². The van der Waals surface area contributed by atoms with E-state index in [1.165, 1.54) is 64.7 Å². The van der Waals surface area contributed by atoms with Crippen molar-refractivity contribution in [2.45, 2.75) is 154 Å². The molecule has 2 fully saturated rings. The second kappa shape index (κ2) is 15.2. The molecule has 0 amide bonds. The lowest BCUT2D eigenvalue weighted by Gasteiger charge is -2.53. The number of esters is 2. The SMILES string of the molecule is CCCCCCCCCCCCCCCC(=O)O[C@@H]1[C@@H](C)[C@@]2(O)[C@@H](C=C(CO)C[C@]3(O)C(=O)C(C)=C[C@@H]23)[C@H]2[C@]1(OC(C)=O)[C@@]2(C)CO. The molecule has 0 aliphatic heterocycles. The number of carbonyl (C=O) groups is 3. The largest absolute Gasteiger partial charge is 0.458 e. The highest BCUT2D eigenvalue weighted by molar-refractivity contribution is 6.04. The molecule has 0 aromatic heterocycles. The van der Waals surface area contributed by atoms with E-state index >= 15 is 0 Å². The molecule has 0 unspecified atom stereocenters. The van der Waals surface area contributed by atoms with Gasteiger partial charge in [0.05, 0.1) is 18.8 Å². The Labute approximate surface area is 281 Å². The Balaban J connectivity index is 1.46. The number of Topliss-reactive ketones (excluding diaryl/α,β-unsaturated/α-hetero) is 1. The zero-order valence-electron chi connectivity index (χ0n) is 29.4. The number of hydrogen-bond donors (Lipinski definition) is 4. The van der Waals surface area contributed by atoms with E-state index in [-0.39, 0.29) is 12.8 Å². The van der Waals surface area contributed by atoms with Gasteiger partial charge in [-0.25, -0.2) is 0 Å². The van der Waals surface area contributed by atoms with Gasteiger partial charge in [0.25, 0.3) is 0 Å². The van der Waals surface area contributed by atoms with Crippen molar-refractivity contribution in [1.82, 2.24) is 0 Å². The molecule has 0 saturated heterocycles. The van der Waals surface area contributed by atoms with Gasteiger partial charge < -0.3 is 29.9 Å². The van der Waals surface area contributed by atoms with Crippen LogP contribution in [0.25, 0.3) is 0 Å². The summed E-state index contributed by atoms with van der Waals surface area (Å²) in [6.07, 6.45) is 17.5. The van der Waals surface area contributed by atoms with Crippen LogP contribution in [0.4, 0.5) is 0 Å². The molecule has 4 aliphatic rings. The van der Waals surface area contributed by atoms with Crippen LogP contribution in [0, 0.1) is 29.1 Å². The van der Waals surface area contributed by atoms with Gasteiger partial charge in [-0.1, -0.05) is 110 Å². The van der Waals surface area contributed by atoms with Crippen molar-refractivity contribution < 1.29 is 44.3 Å². The first-order chi connectivity index (χ1) is 22.3. The molecule has 0 spiro atoms. The molecule has 4 aliphatic carbocycles. The maximum absolute atomic E-state index is 13.4. The Bertz CT molecular complexity index is 1210. The standard InChI is InChI=1S/C38H60O9/c1-6-7-8-9-10-11-12-13-14-15-16-17-18-19-31(42)46-34-26(3)37(45)29(32-35(5,24-40)38(32,34)47-27(4)41)21-28(23-39)22-36(44)30(37)20-25(2)33(36)43/h20-21,26,29-30,32,34,39-40,44-45H,6-19,22-24H2,1-5H3/t26-,29+,30-,32-,34-,35+,36-,37-,38-/m1/s1. The average Bonchev–Trinajstić information content (AvgIpc) is 3.51. The van der Waals surface area contributed by atoms with E-state index in [4.69, 9.17) is 9.47 Å². The molecule has 0 heterocycles. The first-order valence-corrected chi connectivity index (χ1v) is 18.3. The quantitative estimate of drug-likeness (QED) is 0.0848. The van der Waals surface area contributed by atoms with Crippen LogP contribution in [0.15, 0.2) is 23.3 Å². The molecule has 4 rings (SSSR count). The number of aliphatic hydroxyl groups excluding tert-OH is 2. The van der Waals surface area contributed by atoms with Gasteiger partial charge in [0, 0.05) is 48.9 Å². The number of ketones is 1. The van der Waals surface area contributed by atoms with E-state index in [1.54, 1.807) is 32.9 Å². The predicted molar refractivity (Wildman–Crippen MR) is 178 cm³/mol. The summed E-state index contributed by atoms with van der Waals surface area (Å²) in [5, 5.41) is 45.6. The Morgan fingerprint density at radius 2 is 1.47 bits per heavy atom. The van der Waals surface area contributed by atoms with E-state index in [1.807, 2.05) is 0 Å². The third-order valence-corrected chi connectivity index (χ3v) is 12.1. The van der Waals surface area contributed by atoms with Gasteiger partial charge in [-0.05, 0) is 24.5 Å². The Morgan fingerprint density at radius 1 is 0.915 bits per heavy atom. The fourth-order valence-corrected chi connectivity index (χ4v) is 9.57. The highest BCUT2D eigenvalue weighted by Gasteiger charge is 2.89. The molecule has 9 nitrogen and oxygen atoms in total. The fourth-order valence-electron chi connectivity index (χ4n) is 9.57. The normalized spacial score (nSPS) is 37.2. The van der Waals surface area contributed by atoms with Crippen LogP contribution in [-0.2, 0) is 23.9 Å². The second-order valence-electron chi connectivity index (χ2n) is 15.3. The van der Waals surface area contributed by atoms with Gasteiger partial charge >= 0.3 is 11.9 Å². The fraction of sp³-hybridized carbons (Fsp3) is 0.816. The van der Waals surface area contributed by atoms with E-state index in [9.17, 15) is 34.8 Å². The maximum atomic E-state index is 13.4. The van der Waals surface area contributed by atoms with Crippen molar-refractivity contribution in [1.29, 1.82) is 0 Å². The van der Waals surface area contributed by atoms with Crippen LogP contribution in [0.3, 0.4) is 0 Å². The minimum absolute atomic E-state index is 0.166. The zero-order chi connectivity index (χ0) is 34.6. The minimum Gasteiger partial charge on any atom is -0.458 e. The van der Waals surface area contributed by atoms with Crippen LogP contribution >= 0.6 is 0 Å². The third-order valence-electron chi connectivity index (χ3n) is 12.1. The Hall–Kier alpha value is -2.07. The monoisotopic (exact) mass is 660 g/mol. The lowest BCUT2D eigenvalue weighted by atomic mass is 9.59. The lowest BCUT2D eigenvalue weighted by molar-refractivity contribution is -0.228. The van der Waals surface area contributed by atoms with Crippen LogP contribution in [0.2, 0.25) is 0 Å². The van der Waals surface area contributed by atoms with Gasteiger partial charge in [-0.2, -0.15) is 0 Å². The summed E-state index contributed by atoms with van der Waals surface area (Å²) in [4.78, 5) is 39.3. The van der Waals surface area contributed by atoms with Crippen molar-refractivity contribution in [2.75, 3.05) is 13.2 Å². The number of hydrogen-bond acceptors (Lipinski definition) is 9. The van der Waals surface area contributed by atoms with Crippen LogP contribution in [0.1, 0.15) is 131 Å². The maximum Gasteiger partial charge on any atom is 0.306 e. The Morgan fingerprint density at radius 3 is 1.98 bits per heavy atom. The summed E-state index contributed by atoms with van der Waals surface area (Å²) in [5.41, 5.74) is -5.65. The number of aliphatic hydroxyl groups is 4. The molecule has 0 radical (unpaired) electrons. The molecule has 9 heteroatoms. The van der Waals surface area contributed by atoms with Gasteiger partial charge in [0.2, 0.25) is 0 Å². The molecule has 2 saturated carbocycles. The highest BCUT2D eigenvalue weighted by atomic mass is 16.6. The van der Waals surface area contributed by atoms with Crippen molar-refractivity contribution in [3.63, 3.8) is 0 Å². The van der Waals surface area contributed by atoms with E-state index in [0.717, 1.165) is 19.3 Å². The molecule has 4 N–H and O–H groups in total. The summed E-state index contributed by atoms with van der Waals surface area (Å²) < 4.78 is 12.2. The molecule has 0 bridgehead atoms. The predicted octanol–water partition coefficient (Wildman–Crippen LogP) is 5.51. The smallest absolute Gasteiger partial charge is 0.306 e. The molecule has 266 valence electrons. The first-order valence-electron chi connectivity index (χ1n) is 18.3. The summed E-state index contributed by atoms with van der Waals surface area (Å²) >= 11 is 0.